The summed E-state index contributed by atoms with van der Waals surface area (Å²) in [6.07, 6.45) is 1.96. The zero-order valence-corrected chi connectivity index (χ0v) is 20.5. The Morgan fingerprint density at radius 3 is 2.38 bits per heavy atom. The summed E-state index contributed by atoms with van der Waals surface area (Å²) in [5, 5.41) is 5.38. The van der Waals surface area contributed by atoms with E-state index < -0.39 is 0 Å². The topological polar surface area (TPSA) is 31.4 Å². The van der Waals surface area contributed by atoms with E-state index in [9.17, 15) is 0 Å². The SMILES string of the molecule is CC(C)Nc1ccc(CN2CCN(c3ccc(Cl)cc3Cl)[C@H](c3ccc(Cl)cc3)C2)cn1. The predicted octanol–water partition coefficient (Wildman–Crippen LogP) is 6.93. The standard InChI is InChI=1S/C25H27Cl3N4/c1-17(2)30-25-10-3-18(14-29-25)15-31-11-12-32(23-9-8-21(27)13-22(23)28)24(16-31)19-4-6-20(26)7-5-19/h3-10,13-14,17,24H,11-12,15-16H2,1-2H3,(H,29,30)/t24-/m0/s1. The number of piperazine rings is 1. The maximum absolute atomic E-state index is 6.58. The first-order chi connectivity index (χ1) is 15.4. The molecule has 0 radical (unpaired) electrons. The second-order valence-electron chi connectivity index (χ2n) is 8.44. The normalized spacial score (nSPS) is 17.1. The minimum atomic E-state index is 0.148. The molecule has 0 saturated carbocycles. The molecule has 1 aromatic heterocycles. The second kappa shape index (κ2) is 10.3. The van der Waals surface area contributed by atoms with Gasteiger partial charge in [-0.15, -0.1) is 0 Å². The highest BCUT2D eigenvalue weighted by atomic mass is 35.5. The molecule has 2 aromatic carbocycles. The third-order valence-corrected chi connectivity index (χ3v) is 6.40. The Kier molecular flexibility index (Phi) is 7.47. The number of benzene rings is 2. The summed E-state index contributed by atoms with van der Waals surface area (Å²) in [7, 11) is 0. The zero-order chi connectivity index (χ0) is 22.7. The number of rotatable bonds is 6. The van der Waals surface area contributed by atoms with Crippen molar-refractivity contribution in [3.05, 3.63) is 87.0 Å². The predicted molar refractivity (Wildman–Crippen MR) is 136 cm³/mol. The van der Waals surface area contributed by atoms with Crippen molar-refractivity contribution in [1.82, 2.24) is 9.88 Å². The van der Waals surface area contributed by atoms with Crippen LogP contribution in [0.25, 0.3) is 0 Å². The van der Waals surface area contributed by atoms with Crippen LogP contribution in [0, 0.1) is 0 Å². The molecule has 1 aliphatic rings. The van der Waals surface area contributed by atoms with E-state index in [2.05, 4.69) is 58.2 Å². The average Bonchev–Trinajstić information content (AvgIpc) is 2.76. The van der Waals surface area contributed by atoms with Crippen molar-refractivity contribution in [2.45, 2.75) is 32.5 Å². The monoisotopic (exact) mass is 488 g/mol. The van der Waals surface area contributed by atoms with Crippen LogP contribution in [0.3, 0.4) is 0 Å². The largest absolute Gasteiger partial charge is 0.368 e. The van der Waals surface area contributed by atoms with Crippen LogP contribution in [0.2, 0.25) is 15.1 Å². The molecular weight excluding hydrogens is 463 g/mol. The van der Waals surface area contributed by atoms with E-state index in [1.165, 1.54) is 11.1 Å². The van der Waals surface area contributed by atoms with Gasteiger partial charge in [-0.3, -0.25) is 4.90 Å². The van der Waals surface area contributed by atoms with Gasteiger partial charge in [0.2, 0.25) is 0 Å². The molecule has 1 saturated heterocycles. The summed E-state index contributed by atoms with van der Waals surface area (Å²) in [5.74, 6) is 0.907. The number of nitrogens with one attached hydrogen (secondary N) is 1. The fourth-order valence-corrected chi connectivity index (χ4v) is 4.76. The van der Waals surface area contributed by atoms with Crippen molar-refractivity contribution in [2.75, 3.05) is 29.9 Å². The molecule has 0 amide bonds. The molecule has 7 heteroatoms. The molecule has 0 spiro atoms. The lowest BCUT2D eigenvalue weighted by Crippen LogP contribution is -2.48. The number of anilines is 2. The van der Waals surface area contributed by atoms with Gasteiger partial charge in [0.1, 0.15) is 5.82 Å². The van der Waals surface area contributed by atoms with Gasteiger partial charge >= 0.3 is 0 Å². The first kappa shape index (κ1) is 23.2. The summed E-state index contributed by atoms with van der Waals surface area (Å²) in [5.41, 5.74) is 3.41. The Hall–Kier alpha value is -1.98. The van der Waals surface area contributed by atoms with Crippen LogP contribution in [0.15, 0.2) is 60.8 Å². The van der Waals surface area contributed by atoms with E-state index in [-0.39, 0.29) is 6.04 Å². The highest BCUT2D eigenvalue weighted by Gasteiger charge is 2.29. The summed E-state index contributed by atoms with van der Waals surface area (Å²) in [6.45, 7) is 7.72. The van der Waals surface area contributed by atoms with E-state index >= 15 is 0 Å². The van der Waals surface area contributed by atoms with Crippen molar-refractivity contribution in [3.8, 4) is 0 Å². The maximum atomic E-state index is 6.58. The van der Waals surface area contributed by atoms with Crippen molar-refractivity contribution < 1.29 is 0 Å². The van der Waals surface area contributed by atoms with Crippen molar-refractivity contribution in [3.63, 3.8) is 0 Å². The summed E-state index contributed by atoms with van der Waals surface area (Å²) in [4.78, 5) is 9.39. The van der Waals surface area contributed by atoms with Gasteiger partial charge in [-0.05, 0) is 61.4 Å². The molecule has 32 heavy (non-hydrogen) atoms. The quantitative estimate of drug-likeness (QED) is 0.407. The maximum Gasteiger partial charge on any atom is 0.126 e. The molecule has 0 unspecified atom stereocenters. The van der Waals surface area contributed by atoms with E-state index in [0.717, 1.165) is 42.7 Å². The van der Waals surface area contributed by atoms with Crippen LogP contribution in [0.1, 0.15) is 31.0 Å². The Labute approximate surface area is 205 Å². The third-order valence-electron chi connectivity index (χ3n) is 5.61. The molecule has 168 valence electrons. The Bertz CT molecular complexity index is 1040. The Balaban J connectivity index is 1.55. The van der Waals surface area contributed by atoms with Crippen LogP contribution in [-0.2, 0) is 6.54 Å². The highest BCUT2D eigenvalue weighted by molar-refractivity contribution is 6.36. The number of halogens is 3. The molecule has 2 heterocycles. The van der Waals surface area contributed by atoms with Gasteiger partial charge < -0.3 is 10.2 Å². The van der Waals surface area contributed by atoms with E-state index in [1.54, 1.807) is 0 Å². The summed E-state index contributed by atoms with van der Waals surface area (Å²) < 4.78 is 0. The molecule has 0 aliphatic carbocycles. The minimum absolute atomic E-state index is 0.148. The van der Waals surface area contributed by atoms with Gasteiger partial charge in [-0.1, -0.05) is 53.0 Å². The summed E-state index contributed by atoms with van der Waals surface area (Å²) in [6, 6.07) is 18.5. The van der Waals surface area contributed by atoms with Crippen molar-refractivity contribution in [2.24, 2.45) is 0 Å². The lowest BCUT2D eigenvalue weighted by Gasteiger charge is -2.43. The van der Waals surface area contributed by atoms with Gasteiger partial charge in [0, 0.05) is 48.5 Å². The average molecular weight is 490 g/mol. The number of pyridine rings is 1. The van der Waals surface area contributed by atoms with E-state index in [0.29, 0.717) is 16.1 Å². The van der Waals surface area contributed by atoms with Crippen LogP contribution < -0.4 is 10.2 Å². The lowest BCUT2D eigenvalue weighted by atomic mass is 10.0. The van der Waals surface area contributed by atoms with Crippen molar-refractivity contribution in [1.29, 1.82) is 0 Å². The Morgan fingerprint density at radius 2 is 1.72 bits per heavy atom. The molecule has 4 rings (SSSR count). The van der Waals surface area contributed by atoms with Crippen LogP contribution in [0.4, 0.5) is 11.5 Å². The Morgan fingerprint density at radius 1 is 0.969 bits per heavy atom. The van der Waals surface area contributed by atoms with Gasteiger partial charge in [-0.2, -0.15) is 0 Å². The fourth-order valence-electron chi connectivity index (χ4n) is 4.11. The van der Waals surface area contributed by atoms with Crippen LogP contribution in [-0.4, -0.2) is 35.6 Å². The number of hydrogen-bond acceptors (Lipinski definition) is 4. The fraction of sp³-hybridized carbons (Fsp3) is 0.320. The zero-order valence-electron chi connectivity index (χ0n) is 18.2. The van der Waals surface area contributed by atoms with E-state index in [1.807, 2.05) is 36.5 Å². The minimum Gasteiger partial charge on any atom is -0.368 e. The molecule has 1 aliphatic heterocycles. The molecule has 3 aromatic rings. The molecule has 1 fully saturated rings. The molecule has 4 nitrogen and oxygen atoms in total. The van der Waals surface area contributed by atoms with Gasteiger partial charge in [-0.25, -0.2) is 4.98 Å². The first-order valence-corrected chi connectivity index (χ1v) is 11.9. The number of nitrogens with zero attached hydrogens (tertiary/aromatic N) is 3. The summed E-state index contributed by atoms with van der Waals surface area (Å²) >= 11 is 18.9. The third kappa shape index (κ3) is 5.68. The molecule has 1 atom stereocenters. The van der Waals surface area contributed by atoms with Gasteiger partial charge in [0.15, 0.2) is 0 Å². The number of aromatic nitrogens is 1. The first-order valence-electron chi connectivity index (χ1n) is 10.8. The van der Waals surface area contributed by atoms with Crippen LogP contribution >= 0.6 is 34.8 Å². The second-order valence-corrected chi connectivity index (χ2v) is 9.72. The van der Waals surface area contributed by atoms with Crippen molar-refractivity contribution >= 4 is 46.3 Å². The molecular formula is C25H27Cl3N4. The molecule has 0 bridgehead atoms. The highest BCUT2D eigenvalue weighted by Crippen LogP contribution is 2.37. The smallest absolute Gasteiger partial charge is 0.126 e. The molecule has 1 N–H and O–H groups in total. The van der Waals surface area contributed by atoms with Crippen LogP contribution in [0.5, 0.6) is 0 Å². The van der Waals surface area contributed by atoms with E-state index in [4.69, 9.17) is 34.8 Å². The number of hydrogen-bond donors (Lipinski definition) is 1. The van der Waals surface area contributed by atoms with Gasteiger partial charge in [0.25, 0.3) is 0 Å². The van der Waals surface area contributed by atoms with Gasteiger partial charge in [0.05, 0.1) is 16.8 Å². The lowest BCUT2D eigenvalue weighted by molar-refractivity contribution is 0.215.